The summed E-state index contributed by atoms with van der Waals surface area (Å²) in [5.74, 6) is 0. The van der Waals surface area contributed by atoms with Crippen LogP contribution in [-0.2, 0) is 0 Å². The zero-order valence-corrected chi connectivity index (χ0v) is 32.2. The normalized spacial score (nSPS) is 11.8. The number of rotatable bonds is 6. The Morgan fingerprint density at radius 2 is 1.02 bits per heavy atom. The summed E-state index contributed by atoms with van der Waals surface area (Å²) in [6.07, 6.45) is 0. The summed E-state index contributed by atoms with van der Waals surface area (Å²) in [7, 11) is 0. The van der Waals surface area contributed by atoms with E-state index in [2.05, 4.69) is 210 Å². The molecule has 0 spiro atoms. The second-order valence-corrected chi connectivity index (χ2v) is 16.0. The lowest BCUT2D eigenvalue weighted by atomic mass is 9.97. The van der Waals surface area contributed by atoms with E-state index in [4.69, 9.17) is 4.42 Å². The van der Waals surface area contributed by atoms with Crippen molar-refractivity contribution in [3.63, 3.8) is 0 Å². The predicted octanol–water partition coefficient (Wildman–Crippen LogP) is 15.9. The van der Waals surface area contributed by atoms with Gasteiger partial charge in [-0.3, -0.25) is 0 Å². The molecule has 0 saturated carbocycles. The average molecular weight is 759 g/mol. The van der Waals surface area contributed by atoms with Crippen LogP contribution in [0.1, 0.15) is 0 Å². The average Bonchev–Trinajstić information content (AvgIpc) is 3.97. The third-order valence-electron chi connectivity index (χ3n) is 11.6. The van der Waals surface area contributed by atoms with Gasteiger partial charge in [-0.1, -0.05) is 127 Å². The first kappa shape index (κ1) is 32.8. The summed E-state index contributed by atoms with van der Waals surface area (Å²) >= 11 is 1.84. The summed E-state index contributed by atoms with van der Waals surface area (Å²) in [6, 6.07) is 74.5. The molecular formula is C54H34N2OS. The van der Waals surface area contributed by atoms with Crippen molar-refractivity contribution >= 4 is 92.3 Å². The topological polar surface area (TPSA) is 21.3 Å². The number of aromatic nitrogens is 1. The Hall–Kier alpha value is -7.40. The molecule has 0 saturated heterocycles. The van der Waals surface area contributed by atoms with Crippen LogP contribution in [0.15, 0.2) is 211 Å². The molecule has 0 fully saturated rings. The van der Waals surface area contributed by atoms with Gasteiger partial charge in [-0.2, -0.15) is 0 Å². The van der Waals surface area contributed by atoms with Crippen molar-refractivity contribution in [1.29, 1.82) is 0 Å². The van der Waals surface area contributed by atoms with Crippen molar-refractivity contribution < 1.29 is 4.42 Å². The van der Waals surface area contributed by atoms with Crippen LogP contribution in [0.2, 0.25) is 0 Å². The van der Waals surface area contributed by atoms with E-state index in [9.17, 15) is 0 Å². The van der Waals surface area contributed by atoms with Crippen LogP contribution in [-0.4, -0.2) is 4.57 Å². The van der Waals surface area contributed by atoms with Crippen LogP contribution in [0, 0.1) is 0 Å². The van der Waals surface area contributed by atoms with E-state index in [1.165, 1.54) is 64.4 Å². The molecule has 9 aromatic carbocycles. The molecule has 0 aliphatic carbocycles. The predicted molar refractivity (Wildman–Crippen MR) is 247 cm³/mol. The highest BCUT2D eigenvalue weighted by Crippen LogP contribution is 2.45. The van der Waals surface area contributed by atoms with E-state index in [1.807, 2.05) is 17.4 Å². The highest BCUT2D eigenvalue weighted by Gasteiger charge is 2.21. The van der Waals surface area contributed by atoms with Gasteiger partial charge >= 0.3 is 0 Å². The number of thiophene rings is 1. The molecule has 12 rings (SSSR count). The lowest BCUT2D eigenvalue weighted by Crippen LogP contribution is -2.10. The molecule has 0 N–H and O–H groups in total. The lowest BCUT2D eigenvalue weighted by molar-refractivity contribution is 0.669. The van der Waals surface area contributed by atoms with Gasteiger partial charge in [-0.05, 0) is 95.6 Å². The molecular weight excluding hydrogens is 725 g/mol. The Kier molecular flexibility index (Phi) is 7.40. The molecule has 0 bridgehead atoms. The summed E-state index contributed by atoms with van der Waals surface area (Å²) in [5.41, 5.74) is 13.3. The smallest absolute Gasteiger partial charge is 0.137 e. The Balaban J connectivity index is 0.986. The number of fused-ring (bicyclic) bond motifs is 9. The Bertz CT molecular complexity index is 3480. The van der Waals surface area contributed by atoms with Gasteiger partial charge in [-0.25, -0.2) is 0 Å². The van der Waals surface area contributed by atoms with Crippen molar-refractivity contribution in [3.05, 3.63) is 206 Å². The van der Waals surface area contributed by atoms with Gasteiger partial charge in [-0.15, -0.1) is 11.3 Å². The van der Waals surface area contributed by atoms with Crippen molar-refractivity contribution in [2.45, 2.75) is 0 Å². The van der Waals surface area contributed by atoms with E-state index in [1.54, 1.807) is 0 Å². The number of hydrogen-bond donors (Lipinski definition) is 0. The number of benzene rings is 9. The molecule has 3 heterocycles. The van der Waals surface area contributed by atoms with Gasteiger partial charge < -0.3 is 13.9 Å². The monoisotopic (exact) mass is 758 g/mol. The highest BCUT2D eigenvalue weighted by molar-refractivity contribution is 7.25. The molecule has 58 heavy (non-hydrogen) atoms. The van der Waals surface area contributed by atoms with Gasteiger partial charge in [0.1, 0.15) is 11.2 Å². The van der Waals surface area contributed by atoms with Crippen molar-refractivity contribution in [1.82, 2.24) is 4.57 Å². The molecule has 0 amide bonds. The molecule has 0 aliphatic heterocycles. The van der Waals surface area contributed by atoms with Gasteiger partial charge in [0.15, 0.2) is 0 Å². The maximum Gasteiger partial charge on any atom is 0.137 e. The largest absolute Gasteiger partial charge is 0.456 e. The minimum Gasteiger partial charge on any atom is -0.456 e. The van der Waals surface area contributed by atoms with Crippen molar-refractivity contribution in [2.24, 2.45) is 0 Å². The van der Waals surface area contributed by atoms with Crippen LogP contribution < -0.4 is 4.90 Å². The van der Waals surface area contributed by atoms with Crippen molar-refractivity contribution in [3.8, 4) is 27.9 Å². The molecule has 3 nitrogen and oxygen atoms in total. The number of nitrogens with zero attached hydrogens (tertiary/aromatic N) is 2. The molecule has 0 unspecified atom stereocenters. The standard InChI is InChI=1S/C54H34N2OS/c1-6-20-46(56-47-21-7-2-16-41(47)42-17-3-8-22-48(42)56)40(15-1)37-14-11-13-36(33-37)35-27-29-38(30-28-35)55(39-31-32-53-45(34-39)43-18-5-10-26-52(43)58-53)49-23-12-25-51-54(49)44-19-4-9-24-50(44)57-51/h1-34H. The molecule has 0 atom stereocenters. The summed E-state index contributed by atoms with van der Waals surface area (Å²) in [4.78, 5) is 2.39. The van der Waals surface area contributed by atoms with E-state index < -0.39 is 0 Å². The molecule has 0 aliphatic rings. The number of para-hydroxylation sites is 4. The van der Waals surface area contributed by atoms with Gasteiger partial charge in [0.05, 0.1) is 27.8 Å². The van der Waals surface area contributed by atoms with Crippen LogP contribution >= 0.6 is 11.3 Å². The minimum atomic E-state index is 0.875. The Morgan fingerprint density at radius 3 is 1.84 bits per heavy atom. The number of furan rings is 1. The Labute approximate surface area is 338 Å². The fraction of sp³-hybridized carbons (Fsp3) is 0. The van der Waals surface area contributed by atoms with Crippen molar-refractivity contribution in [2.75, 3.05) is 4.90 Å². The maximum atomic E-state index is 6.40. The first-order valence-corrected chi connectivity index (χ1v) is 20.5. The molecule has 4 heteroatoms. The maximum absolute atomic E-state index is 6.40. The summed E-state index contributed by atoms with van der Waals surface area (Å²) in [5, 5.41) is 7.28. The first-order valence-electron chi connectivity index (χ1n) is 19.7. The SMILES string of the molecule is c1cc(-c2ccc(N(c3ccc4sc5ccccc5c4c3)c3cccc4oc5ccccc5c34)cc2)cc(-c2ccccc2-n2c3ccccc3c3ccccc32)c1. The van der Waals surface area contributed by atoms with Crippen LogP contribution in [0.25, 0.3) is 91.9 Å². The second-order valence-electron chi connectivity index (χ2n) is 14.9. The second kappa shape index (κ2) is 13.1. The Morgan fingerprint density at radius 1 is 0.397 bits per heavy atom. The third-order valence-corrected chi connectivity index (χ3v) is 12.7. The summed E-state index contributed by atoms with van der Waals surface area (Å²) < 4.78 is 11.4. The molecule has 12 aromatic rings. The third kappa shape index (κ3) is 5.12. The van der Waals surface area contributed by atoms with Crippen LogP contribution in [0.5, 0.6) is 0 Å². The van der Waals surface area contributed by atoms with E-state index in [0.29, 0.717) is 0 Å². The number of anilines is 3. The quantitative estimate of drug-likeness (QED) is 0.168. The fourth-order valence-electron chi connectivity index (χ4n) is 8.99. The number of hydrogen-bond acceptors (Lipinski definition) is 3. The van der Waals surface area contributed by atoms with Crippen LogP contribution in [0.4, 0.5) is 17.1 Å². The van der Waals surface area contributed by atoms with E-state index >= 15 is 0 Å². The van der Waals surface area contributed by atoms with Gasteiger partial charge in [0.2, 0.25) is 0 Å². The zero-order valence-electron chi connectivity index (χ0n) is 31.3. The molecule has 0 radical (unpaired) electrons. The van der Waals surface area contributed by atoms with Crippen LogP contribution in [0.3, 0.4) is 0 Å². The van der Waals surface area contributed by atoms with Gasteiger partial charge in [0, 0.05) is 53.3 Å². The molecule has 3 aromatic heterocycles. The lowest BCUT2D eigenvalue weighted by Gasteiger charge is -2.26. The van der Waals surface area contributed by atoms with E-state index in [-0.39, 0.29) is 0 Å². The molecule has 272 valence electrons. The first-order chi connectivity index (χ1) is 28.8. The fourth-order valence-corrected chi connectivity index (χ4v) is 10.1. The minimum absolute atomic E-state index is 0.875. The zero-order chi connectivity index (χ0) is 38.2. The highest BCUT2D eigenvalue weighted by atomic mass is 32.1. The van der Waals surface area contributed by atoms with Gasteiger partial charge in [0.25, 0.3) is 0 Å². The van der Waals surface area contributed by atoms with E-state index in [0.717, 1.165) is 44.6 Å². The summed E-state index contributed by atoms with van der Waals surface area (Å²) in [6.45, 7) is 0.